The first-order chi connectivity index (χ1) is 9.10. The lowest BCUT2D eigenvalue weighted by Crippen LogP contribution is -2.13. The van der Waals surface area contributed by atoms with E-state index in [0.29, 0.717) is 27.5 Å². The highest BCUT2D eigenvalue weighted by molar-refractivity contribution is 6.31. The summed E-state index contributed by atoms with van der Waals surface area (Å²) in [5, 5.41) is 11.9. The fraction of sp³-hybridized carbons (Fsp3) is 0. The lowest BCUT2D eigenvalue weighted by molar-refractivity contribution is 0.102. The largest absolute Gasteiger partial charge is 0.397 e. The zero-order valence-electron chi connectivity index (χ0n) is 9.85. The normalized spacial score (nSPS) is 9.68. The van der Waals surface area contributed by atoms with Crippen LogP contribution in [0.2, 0.25) is 5.02 Å². The van der Waals surface area contributed by atoms with E-state index in [2.05, 4.69) is 5.32 Å². The van der Waals surface area contributed by atoms with Crippen LogP contribution in [0.3, 0.4) is 0 Å². The van der Waals surface area contributed by atoms with Crippen molar-refractivity contribution in [1.82, 2.24) is 0 Å². The van der Waals surface area contributed by atoms with Gasteiger partial charge in [-0.1, -0.05) is 11.6 Å². The number of carbonyl (C=O) groups excluding carboxylic acids is 1. The molecule has 2 rings (SSSR count). The van der Waals surface area contributed by atoms with Crippen LogP contribution in [-0.4, -0.2) is 5.91 Å². The molecule has 0 radical (unpaired) electrons. The summed E-state index contributed by atoms with van der Waals surface area (Å²) in [6.45, 7) is 0. The van der Waals surface area contributed by atoms with Gasteiger partial charge in [0.05, 0.1) is 23.0 Å². The predicted molar refractivity (Wildman–Crippen MR) is 75.0 cm³/mol. The van der Waals surface area contributed by atoms with Gasteiger partial charge in [0, 0.05) is 10.6 Å². The Bertz CT molecular complexity index is 659. The molecule has 3 N–H and O–H groups in total. The molecule has 0 saturated carbocycles. The minimum absolute atomic E-state index is 0.307. The molecule has 0 unspecified atom stereocenters. The molecule has 0 heterocycles. The van der Waals surface area contributed by atoms with Gasteiger partial charge in [-0.25, -0.2) is 0 Å². The maximum atomic E-state index is 12.0. The second-order valence-corrected chi connectivity index (χ2v) is 4.31. The molecule has 0 bridgehead atoms. The number of hydrogen-bond donors (Lipinski definition) is 2. The number of rotatable bonds is 2. The number of nitrogens with two attached hydrogens (primary N) is 1. The number of nitrogen functional groups attached to an aromatic ring is 1. The van der Waals surface area contributed by atoms with E-state index in [0.717, 1.165) is 0 Å². The quantitative estimate of drug-likeness (QED) is 0.824. The van der Waals surface area contributed by atoms with Crippen molar-refractivity contribution in [3.63, 3.8) is 0 Å². The second-order valence-electron chi connectivity index (χ2n) is 3.87. The van der Waals surface area contributed by atoms with E-state index in [1.165, 1.54) is 0 Å². The SMILES string of the molecule is N#Cc1ccc(C(=O)Nc2cc(Cl)ccc2N)cc1. The summed E-state index contributed by atoms with van der Waals surface area (Å²) >= 11 is 5.84. The summed E-state index contributed by atoms with van der Waals surface area (Å²) in [5.74, 6) is -0.307. The third-order valence-corrected chi connectivity index (χ3v) is 2.77. The number of halogens is 1. The highest BCUT2D eigenvalue weighted by Gasteiger charge is 2.08. The first-order valence-electron chi connectivity index (χ1n) is 5.46. The fourth-order valence-corrected chi connectivity index (χ4v) is 1.70. The van der Waals surface area contributed by atoms with Crippen molar-refractivity contribution < 1.29 is 4.79 Å². The summed E-state index contributed by atoms with van der Waals surface area (Å²) in [6, 6.07) is 13.2. The van der Waals surface area contributed by atoms with E-state index in [4.69, 9.17) is 22.6 Å². The second kappa shape index (κ2) is 5.42. The Morgan fingerprint density at radius 2 is 1.89 bits per heavy atom. The van der Waals surface area contributed by atoms with Crippen LogP contribution in [-0.2, 0) is 0 Å². The van der Waals surface area contributed by atoms with Crippen LogP contribution in [0.15, 0.2) is 42.5 Å². The molecule has 2 aromatic carbocycles. The fourth-order valence-electron chi connectivity index (χ4n) is 1.53. The molecule has 94 valence electrons. The van der Waals surface area contributed by atoms with Gasteiger partial charge < -0.3 is 11.1 Å². The Kier molecular flexibility index (Phi) is 3.69. The minimum atomic E-state index is -0.307. The number of nitrogens with one attached hydrogen (secondary N) is 1. The van der Waals surface area contributed by atoms with Gasteiger partial charge >= 0.3 is 0 Å². The number of nitrogens with zero attached hydrogens (tertiary/aromatic N) is 1. The highest BCUT2D eigenvalue weighted by Crippen LogP contribution is 2.23. The average molecular weight is 272 g/mol. The van der Waals surface area contributed by atoms with E-state index in [-0.39, 0.29) is 5.91 Å². The molecule has 0 aliphatic carbocycles. The Balaban J connectivity index is 2.21. The van der Waals surface area contributed by atoms with Gasteiger partial charge in [-0.2, -0.15) is 5.26 Å². The van der Waals surface area contributed by atoms with Crippen molar-refractivity contribution in [2.75, 3.05) is 11.1 Å². The first-order valence-corrected chi connectivity index (χ1v) is 5.84. The average Bonchev–Trinajstić information content (AvgIpc) is 2.43. The van der Waals surface area contributed by atoms with Crippen molar-refractivity contribution in [3.05, 3.63) is 58.6 Å². The molecule has 0 saturated heterocycles. The van der Waals surface area contributed by atoms with E-state index in [9.17, 15) is 4.79 Å². The molecule has 5 heteroatoms. The monoisotopic (exact) mass is 271 g/mol. The molecule has 0 aliphatic heterocycles. The number of amides is 1. The summed E-state index contributed by atoms with van der Waals surface area (Å²) in [5.41, 5.74) is 7.58. The number of nitriles is 1. The molecule has 0 aromatic heterocycles. The topological polar surface area (TPSA) is 78.9 Å². The third-order valence-electron chi connectivity index (χ3n) is 2.54. The van der Waals surface area contributed by atoms with E-state index < -0.39 is 0 Å². The number of benzene rings is 2. The van der Waals surface area contributed by atoms with Crippen molar-refractivity contribution in [2.45, 2.75) is 0 Å². The van der Waals surface area contributed by atoms with Gasteiger partial charge in [0.15, 0.2) is 0 Å². The Morgan fingerprint density at radius 3 is 2.53 bits per heavy atom. The van der Waals surface area contributed by atoms with Crippen LogP contribution in [0.4, 0.5) is 11.4 Å². The lowest BCUT2D eigenvalue weighted by Gasteiger charge is -2.08. The van der Waals surface area contributed by atoms with Crippen LogP contribution < -0.4 is 11.1 Å². The predicted octanol–water partition coefficient (Wildman–Crippen LogP) is 3.05. The number of carbonyl (C=O) groups is 1. The highest BCUT2D eigenvalue weighted by atomic mass is 35.5. The van der Waals surface area contributed by atoms with Crippen LogP contribution >= 0.6 is 11.6 Å². The molecular formula is C14H10ClN3O. The summed E-state index contributed by atoms with van der Waals surface area (Å²) in [7, 11) is 0. The van der Waals surface area contributed by atoms with Gasteiger partial charge in [-0.15, -0.1) is 0 Å². The van der Waals surface area contributed by atoms with Gasteiger partial charge in [0.25, 0.3) is 5.91 Å². The Morgan fingerprint density at radius 1 is 1.21 bits per heavy atom. The molecular weight excluding hydrogens is 262 g/mol. The number of anilines is 2. The molecule has 19 heavy (non-hydrogen) atoms. The van der Waals surface area contributed by atoms with Crippen molar-refractivity contribution >= 4 is 28.9 Å². The van der Waals surface area contributed by atoms with Gasteiger partial charge in [0.1, 0.15) is 0 Å². The maximum Gasteiger partial charge on any atom is 0.255 e. The number of hydrogen-bond acceptors (Lipinski definition) is 3. The first kappa shape index (κ1) is 12.9. The van der Waals surface area contributed by atoms with Crippen LogP contribution in [0.1, 0.15) is 15.9 Å². The third kappa shape index (κ3) is 3.03. The lowest BCUT2D eigenvalue weighted by atomic mass is 10.1. The van der Waals surface area contributed by atoms with Crippen molar-refractivity contribution in [2.24, 2.45) is 0 Å². The molecule has 0 aliphatic rings. The van der Waals surface area contributed by atoms with Crippen LogP contribution in [0, 0.1) is 11.3 Å². The molecule has 1 amide bonds. The summed E-state index contributed by atoms with van der Waals surface area (Å²) in [6.07, 6.45) is 0. The Labute approximate surface area is 115 Å². The minimum Gasteiger partial charge on any atom is -0.397 e. The van der Waals surface area contributed by atoms with Gasteiger partial charge in [0.2, 0.25) is 0 Å². The standard InChI is InChI=1S/C14H10ClN3O/c15-11-5-6-12(17)13(7-11)18-14(19)10-3-1-9(8-16)2-4-10/h1-7H,17H2,(H,18,19). The van der Waals surface area contributed by atoms with Gasteiger partial charge in [-0.05, 0) is 42.5 Å². The maximum absolute atomic E-state index is 12.0. The molecule has 0 fully saturated rings. The zero-order valence-corrected chi connectivity index (χ0v) is 10.6. The summed E-state index contributed by atoms with van der Waals surface area (Å²) < 4.78 is 0. The van der Waals surface area contributed by atoms with E-state index in [1.807, 2.05) is 6.07 Å². The smallest absolute Gasteiger partial charge is 0.255 e. The molecule has 4 nitrogen and oxygen atoms in total. The molecule has 0 spiro atoms. The van der Waals surface area contributed by atoms with Crippen molar-refractivity contribution in [3.8, 4) is 6.07 Å². The molecule has 2 aromatic rings. The van der Waals surface area contributed by atoms with Crippen LogP contribution in [0.5, 0.6) is 0 Å². The van der Waals surface area contributed by atoms with E-state index >= 15 is 0 Å². The van der Waals surface area contributed by atoms with Crippen LogP contribution in [0.25, 0.3) is 0 Å². The van der Waals surface area contributed by atoms with E-state index in [1.54, 1.807) is 42.5 Å². The zero-order chi connectivity index (χ0) is 13.8. The van der Waals surface area contributed by atoms with Gasteiger partial charge in [-0.3, -0.25) is 4.79 Å². The van der Waals surface area contributed by atoms with Crippen molar-refractivity contribution in [1.29, 1.82) is 5.26 Å². The summed E-state index contributed by atoms with van der Waals surface area (Å²) in [4.78, 5) is 12.0. The Hall–Kier alpha value is -2.51. The molecule has 0 atom stereocenters.